The maximum atomic E-state index is 12.6. The maximum absolute atomic E-state index is 12.6. The number of hydrogen-bond donors (Lipinski definition) is 0. The average Bonchev–Trinajstić information content (AvgIpc) is 2.71. The first kappa shape index (κ1) is 21.3. The molecule has 2 fully saturated rings. The van der Waals surface area contributed by atoms with Crippen molar-refractivity contribution in [3.8, 4) is 0 Å². The summed E-state index contributed by atoms with van der Waals surface area (Å²) in [6.45, 7) is 4.45. The van der Waals surface area contributed by atoms with Crippen molar-refractivity contribution >= 4 is 0 Å². The maximum Gasteiger partial charge on any atom is 0.416 e. The van der Waals surface area contributed by atoms with Crippen molar-refractivity contribution in [1.82, 2.24) is 0 Å². The molecule has 0 saturated carbocycles. The summed E-state index contributed by atoms with van der Waals surface area (Å²) in [5.74, 6) is 0.539. The molecule has 0 N–H and O–H groups in total. The standard InChI is InChI=1S/C21H27F3O4/c1-2-3-4-15-11-25-19(26-12-15)10-5-16-13-27-20(28-14-16)17-6-8-18(9-7-17)21(22,23)24/h3-4,6-9,15-16,19-20H,2,5,10-14H2,1H3/t15-,16-,19-,20-. The second kappa shape index (κ2) is 9.87. The Labute approximate surface area is 163 Å². The zero-order valence-electron chi connectivity index (χ0n) is 16.0. The zero-order valence-corrected chi connectivity index (χ0v) is 16.0. The van der Waals surface area contributed by atoms with Crippen LogP contribution < -0.4 is 0 Å². The van der Waals surface area contributed by atoms with Crippen LogP contribution in [0.4, 0.5) is 13.2 Å². The molecule has 2 saturated heterocycles. The third kappa shape index (κ3) is 6.04. The predicted molar refractivity (Wildman–Crippen MR) is 97.4 cm³/mol. The van der Waals surface area contributed by atoms with Crippen LogP contribution in [0.1, 0.15) is 43.6 Å². The molecular weight excluding hydrogens is 373 g/mol. The topological polar surface area (TPSA) is 36.9 Å². The molecule has 2 aliphatic rings. The van der Waals surface area contributed by atoms with Crippen molar-refractivity contribution in [2.45, 2.75) is 44.9 Å². The molecule has 0 bridgehead atoms. The van der Waals surface area contributed by atoms with E-state index in [1.54, 1.807) is 0 Å². The molecule has 0 amide bonds. The normalized spacial score (nSPS) is 29.3. The molecule has 0 aliphatic carbocycles. The van der Waals surface area contributed by atoms with Crippen LogP contribution in [0.3, 0.4) is 0 Å². The van der Waals surface area contributed by atoms with E-state index in [1.807, 2.05) is 0 Å². The first-order chi connectivity index (χ1) is 13.5. The van der Waals surface area contributed by atoms with Crippen molar-refractivity contribution in [3.63, 3.8) is 0 Å². The van der Waals surface area contributed by atoms with Crippen molar-refractivity contribution in [2.75, 3.05) is 26.4 Å². The highest BCUT2D eigenvalue weighted by atomic mass is 19.4. The summed E-state index contributed by atoms with van der Waals surface area (Å²) < 4.78 is 60.9. The van der Waals surface area contributed by atoms with Gasteiger partial charge in [0.05, 0.1) is 32.0 Å². The van der Waals surface area contributed by atoms with E-state index in [1.165, 1.54) is 12.1 Å². The van der Waals surface area contributed by atoms with Gasteiger partial charge in [-0.2, -0.15) is 13.2 Å². The molecule has 0 spiro atoms. The number of halogens is 3. The minimum atomic E-state index is -4.34. The fourth-order valence-electron chi connectivity index (χ4n) is 3.27. The Morgan fingerprint density at radius 2 is 1.57 bits per heavy atom. The third-order valence-corrected chi connectivity index (χ3v) is 4.92. The lowest BCUT2D eigenvalue weighted by molar-refractivity contribution is -0.217. The second-order valence-corrected chi connectivity index (χ2v) is 7.25. The summed E-state index contributed by atoms with van der Waals surface area (Å²) in [6, 6.07) is 4.91. The van der Waals surface area contributed by atoms with Gasteiger partial charge in [-0.1, -0.05) is 31.2 Å². The molecule has 4 nitrogen and oxygen atoms in total. The fraction of sp³-hybridized carbons (Fsp3) is 0.619. The van der Waals surface area contributed by atoms with Gasteiger partial charge in [-0.05, 0) is 31.4 Å². The Morgan fingerprint density at radius 1 is 0.929 bits per heavy atom. The van der Waals surface area contributed by atoms with Gasteiger partial charge in [0.1, 0.15) is 0 Å². The van der Waals surface area contributed by atoms with E-state index < -0.39 is 18.0 Å². The molecule has 0 unspecified atom stereocenters. The highest BCUT2D eigenvalue weighted by Crippen LogP contribution is 2.32. The summed E-state index contributed by atoms with van der Waals surface area (Å²) in [6.07, 6.45) is 1.74. The quantitative estimate of drug-likeness (QED) is 0.623. The Bertz CT molecular complexity index is 614. The number of ether oxygens (including phenoxy) is 4. The third-order valence-electron chi connectivity index (χ3n) is 4.92. The SMILES string of the molecule is CCC=C[C@H]1CO[C@H](CC[C@H]2CO[C@H](c3ccc(C(F)(F)F)cc3)OC2)OC1. The summed E-state index contributed by atoms with van der Waals surface area (Å²) in [5.41, 5.74) is -0.0820. The van der Waals surface area contributed by atoms with E-state index >= 15 is 0 Å². The minimum Gasteiger partial charge on any atom is -0.352 e. The van der Waals surface area contributed by atoms with Crippen molar-refractivity contribution in [1.29, 1.82) is 0 Å². The van der Waals surface area contributed by atoms with Crippen LogP contribution in [0, 0.1) is 11.8 Å². The summed E-state index contributed by atoms with van der Waals surface area (Å²) in [5, 5.41) is 0. The molecule has 7 heteroatoms. The first-order valence-corrected chi connectivity index (χ1v) is 9.76. The Balaban J connectivity index is 1.37. The van der Waals surface area contributed by atoms with Gasteiger partial charge >= 0.3 is 6.18 Å². The summed E-state index contributed by atoms with van der Waals surface area (Å²) >= 11 is 0. The zero-order chi connectivity index (χ0) is 20.0. The summed E-state index contributed by atoms with van der Waals surface area (Å²) in [4.78, 5) is 0. The molecule has 0 radical (unpaired) electrons. The minimum absolute atomic E-state index is 0.195. The molecule has 28 heavy (non-hydrogen) atoms. The molecule has 1 aromatic carbocycles. The van der Waals surface area contributed by atoms with E-state index in [9.17, 15) is 13.2 Å². The van der Waals surface area contributed by atoms with Crippen LogP contribution in [0.2, 0.25) is 0 Å². The summed E-state index contributed by atoms with van der Waals surface area (Å²) in [7, 11) is 0. The van der Waals surface area contributed by atoms with Crippen LogP contribution >= 0.6 is 0 Å². The lowest BCUT2D eigenvalue weighted by Gasteiger charge is -2.32. The van der Waals surface area contributed by atoms with E-state index in [2.05, 4.69) is 19.1 Å². The Hall–Kier alpha value is -1.41. The van der Waals surface area contributed by atoms with Gasteiger partial charge in [-0.3, -0.25) is 0 Å². The average molecular weight is 400 g/mol. The van der Waals surface area contributed by atoms with Gasteiger partial charge in [-0.15, -0.1) is 0 Å². The van der Waals surface area contributed by atoms with Crippen molar-refractivity contribution in [2.24, 2.45) is 11.8 Å². The molecule has 2 heterocycles. The molecular formula is C21H27F3O4. The number of allylic oxidation sites excluding steroid dienone is 1. The smallest absolute Gasteiger partial charge is 0.352 e. The van der Waals surface area contributed by atoms with Gasteiger partial charge in [0.25, 0.3) is 0 Å². The molecule has 1 aromatic rings. The number of rotatable bonds is 6. The first-order valence-electron chi connectivity index (χ1n) is 9.76. The highest BCUT2D eigenvalue weighted by Gasteiger charge is 2.31. The van der Waals surface area contributed by atoms with E-state index in [-0.39, 0.29) is 12.2 Å². The van der Waals surface area contributed by atoms with Crippen molar-refractivity contribution in [3.05, 3.63) is 47.5 Å². The largest absolute Gasteiger partial charge is 0.416 e. The van der Waals surface area contributed by atoms with Gasteiger partial charge in [0, 0.05) is 17.4 Å². The number of benzene rings is 1. The van der Waals surface area contributed by atoms with Crippen LogP contribution in [-0.2, 0) is 25.1 Å². The van der Waals surface area contributed by atoms with Crippen LogP contribution in [-0.4, -0.2) is 32.7 Å². The number of alkyl halides is 3. The second-order valence-electron chi connectivity index (χ2n) is 7.25. The molecule has 3 rings (SSSR count). The van der Waals surface area contributed by atoms with Crippen molar-refractivity contribution < 1.29 is 32.1 Å². The van der Waals surface area contributed by atoms with Crippen LogP contribution in [0.25, 0.3) is 0 Å². The van der Waals surface area contributed by atoms with Gasteiger partial charge in [0.2, 0.25) is 0 Å². The predicted octanol–water partition coefficient (Wildman–Crippen LogP) is 5.10. The monoisotopic (exact) mass is 400 g/mol. The highest BCUT2D eigenvalue weighted by molar-refractivity contribution is 5.25. The fourth-order valence-corrected chi connectivity index (χ4v) is 3.27. The Kier molecular flexibility index (Phi) is 7.51. The lowest BCUT2D eigenvalue weighted by atomic mass is 10.0. The van der Waals surface area contributed by atoms with Gasteiger partial charge < -0.3 is 18.9 Å². The van der Waals surface area contributed by atoms with E-state index in [0.29, 0.717) is 37.9 Å². The van der Waals surface area contributed by atoms with Crippen LogP contribution in [0.15, 0.2) is 36.4 Å². The molecule has 0 atom stereocenters. The molecule has 0 aromatic heterocycles. The van der Waals surface area contributed by atoms with Gasteiger partial charge in [0.15, 0.2) is 12.6 Å². The van der Waals surface area contributed by atoms with Gasteiger partial charge in [-0.25, -0.2) is 0 Å². The lowest BCUT2D eigenvalue weighted by Crippen LogP contribution is -2.33. The number of hydrogen-bond acceptors (Lipinski definition) is 4. The Morgan fingerprint density at radius 3 is 2.14 bits per heavy atom. The van der Waals surface area contributed by atoms with Crippen LogP contribution in [0.5, 0.6) is 0 Å². The van der Waals surface area contributed by atoms with E-state index in [0.717, 1.165) is 31.4 Å². The molecule has 156 valence electrons. The van der Waals surface area contributed by atoms with E-state index in [4.69, 9.17) is 18.9 Å². The molecule has 2 aliphatic heterocycles.